The van der Waals surface area contributed by atoms with Gasteiger partial charge in [0.1, 0.15) is 11.5 Å². The van der Waals surface area contributed by atoms with Crippen LogP contribution in [0.3, 0.4) is 0 Å². The lowest BCUT2D eigenvalue weighted by Gasteiger charge is -2.21. The highest BCUT2D eigenvalue weighted by molar-refractivity contribution is 9.10. The number of rotatable bonds is 2. The number of pyridine rings is 1. The maximum absolute atomic E-state index is 11.1. The fraction of sp³-hybridized carbons (Fsp3) is 0.385. The van der Waals surface area contributed by atoms with E-state index in [0.29, 0.717) is 11.6 Å². The number of carbonyl (C=O) groups excluding carboxylic acids is 1. The van der Waals surface area contributed by atoms with E-state index in [4.69, 9.17) is 0 Å². The smallest absolute Gasteiger partial charge is 0.170 e. The zero-order valence-corrected chi connectivity index (χ0v) is 11.5. The Hall–Kier alpha value is -1.20. The lowest BCUT2D eigenvalue weighted by molar-refractivity contribution is 0.112. The van der Waals surface area contributed by atoms with E-state index in [1.54, 1.807) is 0 Å². The number of hydrogen-bond acceptors (Lipinski definition) is 3. The van der Waals surface area contributed by atoms with Crippen LogP contribution in [-0.4, -0.2) is 28.8 Å². The molecule has 1 unspecified atom stereocenters. The number of aldehydes is 1. The average Bonchev–Trinajstić information content (AvgIpc) is 2.77. The van der Waals surface area contributed by atoms with Crippen molar-refractivity contribution in [2.24, 2.45) is 0 Å². The Morgan fingerprint density at radius 3 is 3.17 bits per heavy atom. The molecule has 2 aromatic rings. The summed E-state index contributed by atoms with van der Waals surface area (Å²) in [7, 11) is 0. The maximum Gasteiger partial charge on any atom is 0.170 e. The number of nitrogens with zero attached hydrogens (tertiary/aromatic N) is 2. The Morgan fingerprint density at radius 1 is 1.56 bits per heavy atom. The SMILES string of the molecule is O=Cc1nc(C2CCCNC2)n2ccc(Br)cc12. The summed E-state index contributed by atoms with van der Waals surface area (Å²) in [5.74, 6) is 1.38. The quantitative estimate of drug-likeness (QED) is 0.867. The molecule has 18 heavy (non-hydrogen) atoms. The summed E-state index contributed by atoms with van der Waals surface area (Å²) in [5.41, 5.74) is 1.40. The van der Waals surface area contributed by atoms with Crippen LogP contribution in [0.15, 0.2) is 22.8 Å². The molecule has 3 heterocycles. The molecule has 2 aromatic heterocycles. The molecular formula is C13H14BrN3O. The molecular weight excluding hydrogens is 294 g/mol. The van der Waals surface area contributed by atoms with Gasteiger partial charge in [0.25, 0.3) is 0 Å². The largest absolute Gasteiger partial charge is 0.316 e. The van der Waals surface area contributed by atoms with Crippen LogP contribution < -0.4 is 5.32 Å². The number of halogens is 1. The van der Waals surface area contributed by atoms with Crippen LogP contribution in [0.4, 0.5) is 0 Å². The minimum atomic E-state index is 0.390. The Labute approximate surface area is 114 Å². The van der Waals surface area contributed by atoms with Crippen LogP contribution in [0.2, 0.25) is 0 Å². The summed E-state index contributed by atoms with van der Waals surface area (Å²) in [5, 5.41) is 3.39. The molecule has 0 aliphatic carbocycles. The molecule has 0 amide bonds. The molecule has 0 spiro atoms. The summed E-state index contributed by atoms with van der Waals surface area (Å²) in [6.07, 6.45) is 5.10. The van der Waals surface area contributed by atoms with Gasteiger partial charge in [-0.2, -0.15) is 0 Å². The average molecular weight is 308 g/mol. The second kappa shape index (κ2) is 4.82. The van der Waals surface area contributed by atoms with Crippen molar-refractivity contribution in [1.29, 1.82) is 0 Å². The van der Waals surface area contributed by atoms with Gasteiger partial charge in [-0.25, -0.2) is 4.98 Å². The standard InChI is InChI=1S/C13H14BrN3O/c14-10-3-5-17-12(6-10)11(8-18)16-13(17)9-2-1-4-15-7-9/h3,5-6,8-9,15H,1-2,4,7H2. The first kappa shape index (κ1) is 11.9. The van der Waals surface area contributed by atoms with Crippen LogP contribution in [0.25, 0.3) is 5.52 Å². The van der Waals surface area contributed by atoms with E-state index in [2.05, 4.69) is 26.2 Å². The summed E-state index contributed by atoms with van der Waals surface area (Å²) < 4.78 is 3.00. The normalized spacial score (nSPS) is 20.2. The van der Waals surface area contributed by atoms with Gasteiger partial charge in [0.2, 0.25) is 0 Å². The number of nitrogens with one attached hydrogen (secondary N) is 1. The zero-order chi connectivity index (χ0) is 12.5. The summed E-state index contributed by atoms with van der Waals surface area (Å²) >= 11 is 3.43. The first-order valence-electron chi connectivity index (χ1n) is 6.13. The number of hydrogen-bond donors (Lipinski definition) is 1. The van der Waals surface area contributed by atoms with Gasteiger partial charge in [-0.15, -0.1) is 0 Å². The molecule has 94 valence electrons. The molecule has 1 saturated heterocycles. The van der Waals surface area contributed by atoms with Crippen molar-refractivity contribution in [3.63, 3.8) is 0 Å². The maximum atomic E-state index is 11.1. The highest BCUT2D eigenvalue weighted by Crippen LogP contribution is 2.26. The molecule has 0 radical (unpaired) electrons. The number of aromatic nitrogens is 2. The van der Waals surface area contributed by atoms with Gasteiger partial charge >= 0.3 is 0 Å². The van der Waals surface area contributed by atoms with Crippen molar-refractivity contribution in [2.45, 2.75) is 18.8 Å². The van der Waals surface area contributed by atoms with Crippen molar-refractivity contribution in [1.82, 2.24) is 14.7 Å². The lowest BCUT2D eigenvalue weighted by Crippen LogP contribution is -2.29. The van der Waals surface area contributed by atoms with Crippen molar-refractivity contribution in [3.8, 4) is 0 Å². The molecule has 0 aromatic carbocycles. The summed E-state index contributed by atoms with van der Waals surface area (Å²) in [6.45, 7) is 2.01. The number of carbonyl (C=O) groups is 1. The molecule has 3 rings (SSSR count). The van der Waals surface area contributed by atoms with E-state index < -0.39 is 0 Å². The minimum Gasteiger partial charge on any atom is -0.316 e. The van der Waals surface area contributed by atoms with E-state index >= 15 is 0 Å². The molecule has 4 nitrogen and oxygen atoms in total. The minimum absolute atomic E-state index is 0.390. The third-order valence-electron chi connectivity index (χ3n) is 3.43. The predicted octanol–water partition coefficient (Wildman–Crippen LogP) is 2.38. The fourth-order valence-electron chi connectivity index (χ4n) is 2.55. The van der Waals surface area contributed by atoms with Crippen molar-refractivity contribution in [2.75, 3.05) is 13.1 Å². The van der Waals surface area contributed by atoms with Crippen LogP contribution in [0, 0.1) is 0 Å². The second-order valence-corrected chi connectivity index (χ2v) is 5.53. The van der Waals surface area contributed by atoms with E-state index in [1.165, 1.54) is 0 Å². The number of piperidine rings is 1. The fourth-order valence-corrected chi connectivity index (χ4v) is 2.89. The topological polar surface area (TPSA) is 46.4 Å². The van der Waals surface area contributed by atoms with Crippen LogP contribution in [0.5, 0.6) is 0 Å². The lowest BCUT2D eigenvalue weighted by atomic mass is 9.99. The Bertz CT molecular complexity index is 587. The second-order valence-electron chi connectivity index (χ2n) is 4.62. The summed E-state index contributed by atoms with van der Waals surface area (Å²) in [6, 6.07) is 3.92. The third kappa shape index (κ3) is 1.97. The Kier molecular flexibility index (Phi) is 3.18. The molecule has 0 bridgehead atoms. The van der Waals surface area contributed by atoms with Gasteiger partial charge in [-0.05, 0) is 31.5 Å². The molecule has 1 aliphatic rings. The highest BCUT2D eigenvalue weighted by atomic mass is 79.9. The zero-order valence-electron chi connectivity index (χ0n) is 9.90. The van der Waals surface area contributed by atoms with Gasteiger partial charge in [-0.3, -0.25) is 4.79 Å². The molecule has 1 aliphatic heterocycles. The first-order chi connectivity index (χ1) is 8.79. The molecule has 5 heteroatoms. The van der Waals surface area contributed by atoms with Crippen molar-refractivity contribution >= 4 is 27.7 Å². The van der Waals surface area contributed by atoms with E-state index in [9.17, 15) is 4.79 Å². The van der Waals surface area contributed by atoms with Gasteiger partial charge in [0.15, 0.2) is 6.29 Å². The molecule has 1 N–H and O–H groups in total. The van der Waals surface area contributed by atoms with Crippen LogP contribution in [0.1, 0.15) is 35.1 Å². The van der Waals surface area contributed by atoms with Crippen molar-refractivity contribution < 1.29 is 4.79 Å². The summed E-state index contributed by atoms with van der Waals surface area (Å²) in [4.78, 5) is 15.6. The predicted molar refractivity (Wildman–Crippen MR) is 73.1 cm³/mol. The van der Waals surface area contributed by atoms with Crippen molar-refractivity contribution in [3.05, 3.63) is 34.3 Å². The number of fused-ring (bicyclic) bond motifs is 1. The van der Waals surface area contributed by atoms with Gasteiger partial charge in [0.05, 0.1) is 5.52 Å². The van der Waals surface area contributed by atoms with Crippen LogP contribution in [-0.2, 0) is 0 Å². The van der Waals surface area contributed by atoms with E-state index in [0.717, 1.165) is 48.0 Å². The molecule has 1 fully saturated rings. The molecule has 1 atom stereocenters. The highest BCUT2D eigenvalue weighted by Gasteiger charge is 2.21. The van der Waals surface area contributed by atoms with Gasteiger partial charge in [0, 0.05) is 23.1 Å². The van der Waals surface area contributed by atoms with E-state index in [1.807, 2.05) is 22.7 Å². The van der Waals surface area contributed by atoms with Gasteiger partial charge in [-0.1, -0.05) is 15.9 Å². The van der Waals surface area contributed by atoms with Crippen LogP contribution >= 0.6 is 15.9 Å². The first-order valence-corrected chi connectivity index (χ1v) is 6.92. The Balaban J connectivity index is 2.13. The number of imidazole rings is 1. The monoisotopic (exact) mass is 307 g/mol. The molecule has 0 saturated carbocycles. The Morgan fingerprint density at radius 2 is 2.44 bits per heavy atom. The third-order valence-corrected chi connectivity index (χ3v) is 3.93. The van der Waals surface area contributed by atoms with Gasteiger partial charge < -0.3 is 9.72 Å². The van der Waals surface area contributed by atoms with E-state index in [-0.39, 0.29) is 0 Å².